The Kier molecular flexibility index (Phi) is 1.58. The fraction of sp³-hybridized carbons (Fsp3) is 0.500. The molecule has 3 heteroatoms. The summed E-state index contributed by atoms with van der Waals surface area (Å²) >= 11 is 0. The summed E-state index contributed by atoms with van der Waals surface area (Å²) in [5.41, 5.74) is 5.88. The maximum Gasteiger partial charge on any atom is 0.145 e. The molecule has 1 unspecified atom stereocenters. The lowest BCUT2D eigenvalue weighted by Crippen LogP contribution is -2.15. The molecule has 0 bridgehead atoms. The third-order valence-corrected chi connectivity index (χ3v) is 2.01. The van der Waals surface area contributed by atoms with Crippen LogP contribution in [0.15, 0.2) is 18.5 Å². The lowest BCUT2D eigenvalue weighted by atomic mass is 10.2. The fourth-order valence-corrected chi connectivity index (χ4v) is 1.15. The van der Waals surface area contributed by atoms with Gasteiger partial charge in [-0.25, -0.2) is 9.97 Å². The lowest BCUT2D eigenvalue weighted by Gasteiger charge is -2.06. The van der Waals surface area contributed by atoms with E-state index in [1.54, 1.807) is 12.4 Å². The minimum absolute atomic E-state index is 0.0659. The van der Waals surface area contributed by atoms with Gasteiger partial charge in [0.05, 0.1) is 6.04 Å². The summed E-state index contributed by atoms with van der Waals surface area (Å²) in [6, 6.07) is 1.87. The molecule has 0 spiro atoms. The second-order valence-electron chi connectivity index (χ2n) is 2.97. The van der Waals surface area contributed by atoms with Crippen molar-refractivity contribution in [3.63, 3.8) is 0 Å². The van der Waals surface area contributed by atoms with E-state index in [2.05, 4.69) is 9.97 Å². The molecule has 1 fully saturated rings. The first-order valence-corrected chi connectivity index (χ1v) is 3.90. The van der Waals surface area contributed by atoms with Crippen LogP contribution in [0.3, 0.4) is 0 Å². The fourth-order valence-electron chi connectivity index (χ4n) is 1.15. The first-order valence-electron chi connectivity index (χ1n) is 3.90. The minimum atomic E-state index is 0.0659. The highest BCUT2D eigenvalue weighted by Crippen LogP contribution is 2.37. The predicted molar refractivity (Wildman–Crippen MR) is 41.7 cm³/mol. The van der Waals surface area contributed by atoms with Gasteiger partial charge in [-0.2, -0.15) is 0 Å². The van der Waals surface area contributed by atoms with E-state index >= 15 is 0 Å². The second-order valence-corrected chi connectivity index (χ2v) is 2.97. The molecule has 0 aromatic carbocycles. The van der Waals surface area contributed by atoms with E-state index in [1.165, 1.54) is 12.8 Å². The second kappa shape index (κ2) is 2.58. The van der Waals surface area contributed by atoms with Crippen molar-refractivity contribution in [2.24, 2.45) is 11.7 Å². The first kappa shape index (κ1) is 6.73. The number of aromatic nitrogens is 2. The summed E-state index contributed by atoms with van der Waals surface area (Å²) < 4.78 is 0. The van der Waals surface area contributed by atoms with Crippen LogP contribution in [0, 0.1) is 5.92 Å². The lowest BCUT2D eigenvalue weighted by molar-refractivity contribution is 0.593. The molecule has 0 amide bonds. The van der Waals surface area contributed by atoms with Crippen LogP contribution in [-0.2, 0) is 0 Å². The summed E-state index contributed by atoms with van der Waals surface area (Å²) in [5, 5.41) is 0. The summed E-state index contributed by atoms with van der Waals surface area (Å²) in [6.45, 7) is 0. The van der Waals surface area contributed by atoms with Crippen molar-refractivity contribution >= 4 is 0 Å². The van der Waals surface area contributed by atoms with Crippen molar-refractivity contribution in [1.29, 1.82) is 0 Å². The maximum absolute atomic E-state index is 5.88. The van der Waals surface area contributed by atoms with Gasteiger partial charge in [0, 0.05) is 12.4 Å². The third kappa shape index (κ3) is 1.38. The molecular formula is C8H11N3. The molecule has 2 rings (SSSR count). The summed E-state index contributed by atoms with van der Waals surface area (Å²) in [5.74, 6) is 1.42. The summed E-state index contributed by atoms with van der Waals surface area (Å²) in [6.07, 6.45) is 5.95. The Bertz CT molecular complexity index is 230. The molecule has 0 saturated heterocycles. The molecule has 1 saturated carbocycles. The number of hydrogen-bond acceptors (Lipinski definition) is 3. The van der Waals surface area contributed by atoms with E-state index in [9.17, 15) is 0 Å². The molecule has 1 aromatic heterocycles. The molecule has 1 aromatic rings. The zero-order valence-electron chi connectivity index (χ0n) is 6.27. The Morgan fingerprint density at radius 3 is 2.55 bits per heavy atom. The maximum atomic E-state index is 5.88. The monoisotopic (exact) mass is 149 g/mol. The van der Waals surface area contributed by atoms with Crippen molar-refractivity contribution in [3.05, 3.63) is 24.3 Å². The zero-order valence-corrected chi connectivity index (χ0v) is 6.27. The Labute approximate surface area is 65.7 Å². The topological polar surface area (TPSA) is 51.8 Å². The third-order valence-electron chi connectivity index (χ3n) is 2.01. The van der Waals surface area contributed by atoms with Crippen molar-refractivity contribution in [2.45, 2.75) is 18.9 Å². The van der Waals surface area contributed by atoms with Crippen LogP contribution in [0.4, 0.5) is 0 Å². The molecule has 2 N–H and O–H groups in total. The predicted octanol–water partition coefficient (Wildman–Crippen LogP) is 0.886. The van der Waals surface area contributed by atoms with Crippen LogP contribution in [-0.4, -0.2) is 9.97 Å². The normalized spacial score (nSPS) is 19.7. The molecule has 11 heavy (non-hydrogen) atoms. The molecule has 0 radical (unpaired) electrons. The molecule has 1 aliphatic rings. The van der Waals surface area contributed by atoms with Gasteiger partial charge in [0.25, 0.3) is 0 Å². The van der Waals surface area contributed by atoms with Gasteiger partial charge in [0.2, 0.25) is 0 Å². The average Bonchev–Trinajstić information content (AvgIpc) is 2.87. The van der Waals surface area contributed by atoms with Crippen LogP contribution in [0.2, 0.25) is 0 Å². The molecule has 58 valence electrons. The van der Waals surface area contributed by atoms with Crippen LogP contribution in [0.25, 0.3) is 0 Å². The Hall–Kier alpha value is -0.960. The van der Waals surface area contributed by atoms with Gasteiger partial charge in [-0.1, -0.05) is 0 Å². The van der Waals surface area contributed by atoms with Gasteiger partial charge in [0.15, 0.2) is 0 Å². The van der Waals surface area contributed by atoms with Gasteiger partial charge in [-0.15, -0.1) is 0 Å². The van der Waals surface area contributed by atoms with Gasteiger partial charge >= 0.3 is 0 Å². The Morgan fingerprint density at radius 1 is 1.36 bits per heavy atom. The van der Waals surface area contributed by atoms with Crippen molar-refractivity contribution in [2.75, 3.05) is 0 Å². The highest BCUT2D eigenvalue weighted by molar-refractivity contribution is 5.00. The highest BCUT2D eigenvalue weighted by Gasteiger charge is 2.30. The van der Waals surface area contributed by atoms with Crippen LogP contribution < -0.4 is 5.73 Å². The van der Waals surface area contributed by atoms with Crippen molar-refractivity contribution in [3.8, 4) is 0 Å². The largest absolute Gasteiger partial charge is 0.321 e. The van der Waals surface area contributed by atoms with Gasteiger partial charge in [-0.3, -0.25) is 0 Å². The zero-order chi connectivity index (χ0) is 7.68. The van der Waals surface area contributed by atoms with E-state index in [0.717, 1.165) is 5.82 Å². The molecule has 1 heterocycles. The SMILES string of the molecule is NC(c1ncccn1)C1CC1. The summed E-state index contributed by atoms with van der Waals surface area (Å²) in [4.78, 5) is 8.21. The molecule has 1 atom stereocenters. The highest BCUT2D eigenvalue weighted by atomic mass is 14.9. The number of rotatable bonds is 2. The van der Waals surface area contributed by atoms with Crippen LogP contribution >= 0.6 is 0 Å². The van der Waals surface area contributed by atoms with E-state index in [-0.39, 0.29) is 6.04 Å². The molecular weight excluding hydrogens is 138 g/mol. The van der Waals surface area contributed by atoms with E-state index in [1.807, 2.05) is 6.07 Å². The van der Waals surface area contributed by atoms with E-state index < -0.39 is 0 Å². The quantitative estimate of drug-likeness (QED) is 0.679. The van der Waals surface area contributed by atoms with Crippen LogP contribution in [0.5, 0.6) is 0 Å². The van der Waals surface area contributed by atoms with Gasteiger partial charge in [0.1, 0.15) is 5.82 Å². The Morgan fingerprint density at radius 2 is 2.00 bits per heavy atom. The molecule has 3 nitrogen and oxygen atoms in total. The number of nitrogens with zero attached hydrogens (tertiary/aromatic N) is 2. The number of nitrogens with two attached hydrogens (primary N) is 1. The standard InChI is InChI=1S/C8H11N3/c9-7(6-2-3-6)8-10-4-1-5-11-8/h1,4-7H,2-3,9H2. The molecule has 1 aliphatic carbocycles. The smallest absolute Gasteiger partial charge is 0.145 e. The van der Waals surface area contributed by atoms with E-state index in [0.29, 0.717) is 5.92 Å². The van der Waals surface area contributed by atoms with Gasteiger partial charge < -0.3 is 5.73 Å². The Balaban J connectivity index is 2.15. The number of hydrogen-bond donors (Lipinski definition) is 1. The first-order chi connectivity index (χ1) is 5.38. The van der Waals surface area contributed by atoms with Crippen molar-refractivity contribution in [1.82, 2.24) is 9.97 Å². The summed E-state index contributed by atoms with van der Waals surface area (Å²) in [7, 11) is 0. The average molecular weight is 149 g/mol. The minimum Gasteiger partial charge on any atom is -0.321 e. The van der Waals surface area contributed by atoms with Crippen molar-refractivity contribution < 1.29 is 0 Å². The van der Waals surface area contributed by atoms with Crippen LogP contribution in [0.1, 0.15) is 24.7 Å². The van der Waals surface area contributed by atoms with E-state index in [4.69, 9.17) is 5.73 Å². The van der Waals surface area contributed by atoms with Gasteiger partial charge in [-0.05, 0) is 24.8 Å². The molecule has 0 aliphatic heterocycles.